The molecule has 3 heterocycles. The summed E-state index contributed by atoms with van der Waals surface area (Å²) in [5, 5.41) is 0.830. The third-order valence-corrected chi connectivity index (χ3v) is 7.91. The minimum Gasteiger partial charge on any atom is -0.356 e. The highest BCUT2D eigenvalue weighted by atomic mass is 35.5. The smallest absolute Gasteiger partial charge is 0.254 e. The van der Waals surface area contributed by atoms with E-state index in [1.165, 1.54) is 5.56 Å². The summed E-state index contributed by atoms with van der Waals surface area (Å²) < 4.78 is 0. The van der Waals surface area contributed by atoms with Crippen molar-refractivity contribution < 1.29 is 4.79 Å². The second kappa shape index (κ2) is 10.7. The Morgan fingerprint density at radius 2 is 1.78 bits per heavy atom. The van der Waals surface area contributed by atoms with Crippen molar-refractivity contribution in [3.05, 3.63) is 81.0 Å². The lowest BCUT2D eigenvalue weighted by molar-refractivity contribution is 0.0733. The van der Waals surface area contributed by atoms with Crippen molar-refractivity contribution in [3.63, 3.8) is 0 Å². The standard InChI is InChI=1S/C28H31Cl2N5O/c1-19-10-13-34(14-11-19)26-22-18-35(27(36)21-8-9-23(29)24(30)16-21)15-12-25(22)31-28(32-26)33(2)17-20-6-4-3-5-7-20/h3-9,16,19H,10-15,17-18H2,1-2H3. The number of aromatic nitrogens is 2. The summed E-state index contributed by atoms with van der Waals surface area (Å²) in [6.07, 6.45) is 2.97. The van der Waals surface area contributed by atoms with Gasteiger partial charge in [-0.05, 0) is 42.5 Å². The van der Waals surface area contributed by atoms with Crippen LogP contribution >= 0.6 is 23.2 Å². The van der Waals surface area contributed by atoms with Gasteiger partial charge in [0.2, 0.25) is 5.95 Å². The van der Waals surface area contributed by atoms with Gasteiger partial charge in [-0.2, -0.15) is 4.98 Å². The molecular formula is C28H31Cl2N5O. The van der Waals surface area contributed by atoms with Crippen LogP contribution in [0.4, 0.5) is 11.8 Å². The molecule has 1 amide bonds. The molecule has 0 N–H and O–H groups in total. The highest BCUT2D eigenvalue weighted by molar-refractivity contribution is 6.42. The van der Waals surface area contributed by atoms with Crippen LogP contribution in [0.5, 0.6) is 0 Å². The van der Waals surface area contributed by atoms with Crippen LogP contribution in [0.15, 0.2) is 48.5 Å². The van der Waals surface area contributed by atoms with E-state index in [-0.39, 0.29) is 5.91 Å². The van der Waals surface area contributed by atoms with Crippen LogP contribution in [-0.2, 0) is 19.5 Å². The molecule has 1 saturated heterocycles. The number of rotatable bonds is 5. The lowest BCUT2D eigenvalue weighted by atomic mass is 9.98. The number of amides is 1. The van der Waals surface area contributed by atoms with Gasteiger partial charge in [0.15, 0.2) is 0 Å². The zero-order valence-corrected chi connectivity index (χ0v) is 22.3. The van der Waals surface area contributed by atoms with Crippen LogP contribution in [0.2, 0.25) is 10.0 Å². The number of hydrogen-bond donors (Lipinski definition) is 0. The molecule has 3 aromatic rings. The molecule has 2 aliphatic rings. The Kier molecular flexibility index (Phi) is 7.35. The molecule has 5 rings (SSSR count). The molecular weight excluding hydrogens is 493 g/mol. The van der Waals surface area contributed by atoms with Gasteiger partial charge in [0.1, 0.15) is 5.82 Å². The molecule has 0 saturated carbocycles. The van der Waals surface area contributed by atoms with Gasteiger partial charge >= 0.3 is 0 Å². The lowest BCUT2D eigenvalue weighted by Gasteiger charge is -2.36. The first-order valence-corrected chi connectivity index (χ1v) is 13.3. The van der Waals surface area contributed by atoms with Crippen LogP contribution in [0.25, 0.3) is 0 Å². The van der Waals surface area contributed by atoms with Crippen LogP contribution < -0.4 is 9.80 Å². The summed E-state index contributed by atoms with van der Waals surface area (Å²) in [4.78, 5) is 29.8. The molecule has 0 atom stereocenters. The molecule has 36 heavy (non-hydrogen) atoms. The van der Waals surface area contributed by atoms with Crippen LogP contribution in [0.1, 0.15) is 46.9 Å². The van der Waals surface area contributed by atoms with Crippen molar-refractivity contribution in [1.82, 2.24) is 14.9 Å². The van der Waals surface area contributed by atoms with Crippen LogP contribution in [0.3, 0.4) is 0 Å². The number of benzene rings is 2. The van der Waals surface area contributed by atoms with Gasteiger partial charge in [0.05, 0.1) is 22.3 Å². The van der Waals surface area contributed by atoms with E-state index < -0.39 is 0 Å². The summed E-state index contributed by atoms with van der Waals surface area (Å²) in [6, 6.07) is 15.4. The van der Waals surface area contributed by atoms with Crippen molar-refractivity contribution in [2.75, 3.05) is 36.5 Å². The number of piperidine rings is 1. The van der Waals surface area contributed by atoms with Gasteiger partial charge < -0.3 is 14.7 Å². The highest BCUT2D eigenvalue weighted by Crippen LogP contribution is 2.33. The van der Waals surface area contributed by atoms with Gasteiger partial charge in [0, 0.05) is 50.8 Å². The number of nitrogens with zero attached hydrogens (tertiary/aromatic N) is 5. The lowest BCUT2D eigenvalue weighted by Crippen LogP contribution is -2.40. The average molecular weight is 524 g/mol. The van der Waals surface area contributed by atoms with E-state index in [1.807, 2.05) is 18.0 Å². The van der Waals surface area contributed by atoms with Gasteiger partial charge in [-0.15, -0.1) is 0 Å². The molecule has 0 aliphatic carbocycles. The topological polar surface area (TPSA) is 52.6 Å². The van der Waals surface area contributed by atoms with Gasteiger partial charge in [-0.25, -0.2) is 4.98 Å². The number of anilines is 2. The minimum absolute atomic E-state index is 0.0531. The van der Waals surface area contributed by atoms with E-state index in [0.717, 1.165) is 55.5 Å². The number of hydrogen-bond acceptors (Lipinski definition) is 5. The first kappa shape index (κ1) is 24.8. The number of fused-ring (bicyclic) bond motifs is 1. The number of halogens is 2. The van der Waals surface area contributed by atoms with Crippen molar-refractivity contribution in [2.24, 2.45) is 5.92 Å². The predicted molar refractivity (Wildman–Crippen MR) is 146 cm³/mol. The first-order chi connectivity index (χ1) is 17.4. The zero-order valence-electron chi connectivity index (χ0n) is 20.8. The molecule has 0 spiro atoms. The summed E-state index contributed by atoms with van der Waals surface area (Å²) >= 11 is 12.3. The quantitative estimate of drug-likeness (QED) is 0.419. The molecule has 1 fully saturated rings. The fourth-order valence-electron chi connectivity index (χ4n) is 4.95. The average Bonchev–Trinajstić information content (AvgIpc) is 2.90. The fourth-order valence-corrected chi connectivity index (χ4v) is 5.25. The Labute approximate surface area is 222 Å². The van der Waals surface area contributed by atoms with Crippen molar-refractivity contribution in [2.45, 2.75) is 39.3 Å². The Hall–Kier alpha value is -2.83. The minimum atomic E-state index is -0.0531. The predicted octanol–water partition coefficient (Wildman–Crippen LogP) is 5.85. The molecule has 6 nitrogen and oxygen atoms in total. The van der Waals surface area contributed by atoms with Gasteiger partial charge in [-0.1, -0.05) is 60.5 Å². The Morgan fingerprint density at radius 1 is 1.03 bits per heavy atom. The molecule has 0 bridgehead atoms. The van der Waals surface area contributed by atoms with Gasteiger partial charge in [-0.3, -0.25) is 4.79 Å². The van der Waals surface area contributed by atoms with E-state index in [2.05, 4.69) is 41.0 Å². The van der Waals surface area contributed by atoms with Crippen molar-refractivity contribution in [1.29, 1.82) is 0 Å². The molecule has 1 aromatic heterocycles. The molecule has 2 aromatic carbocycles. The van der Waals surface area contributed by atoms with E-state index >= 15 is 0 Å². The summed E-state index contributed by atoms with van der Waals surface area (Å²) in [7, 11) is 2.04. The van der Waals surface area contributed by atoms with Crippen molar-refractivity contribution in [3.8, 4) is 0 Å². The largest absolute Gasteiger partial charge is 0.356 e. The Bertz CT molecular complexity index is 1240. The molecule has 8 heteroatoms. The summed E-state index contributed by atoms with van der Waals surface area (Å²) in [5.41, 5.74) is 3.85. The van der Waals surface area contributed by atoms with Crippen LogP contribution in [0, 0.1) is 5.92 Å². The second-order valence-corrected chi connectivity index (χ2v) is 10.7. The zero-order chi connectivity index (χ0) is 25.2. The van der Waals surface area contributed by atoms with E-state index in [4.69, 9.17) is 33.2 Å². The number of carbonyl (C=O) groups excluding carboxylic acids is 1. The summed E-state index contributed by atoms with van der Waals surface area (Å²) in [6.45, 7) is 6.06. The first-order valence-electron chi connectivity index (χ1n) is 12.5. The monoisotopic (exact) mass is 523 g/mol. The van der Waals surface area contributed by atoms with Gasteiger partial charge in [0.25, 0.3) is 5.91 Å². The normalized spacial score (nSPS) is 16.1. The Morgan fingerprint density at radius 3 is 2.50 bits per heavy atom. The third-order valence-electron chi connectivity index (χ3n) is 7.17. The SMILES string of the molecule is CC1CCN(c2nc(N(C)Cc3ccccc3)nc3c2CN(C(=O)c2ccc(Cl)c(Cl)c2)CC3)CC1. The van der Waals surface area contributed by atoms with Crippen molar-refractivity contribution >= 4 is 40.9 Å². The molecule has 0 unspecified atom stereocenters. The summed E-state index contributed by atoms with van der Waals surface area (Å²) in [5.74, 6) is 2.36. The third kappa shape index (κ3) is 5.30. The second-order valence-electron chi connectivity index (χ2n) is 9.89. The highest BCUT2D eigenvalue weighted by Gasteiger charge is 2.30. The fraction of sp³-hybridized carbons (Fsp3) is 0.393. The Balaban J connectivity index is 1.45. The maximum Gasteiger partial charge on any atom is 0.254 e. The van der Waals surface area contributed by atoms with E-state index in [9.17, 15) is 4.79 Å². The van der Waals surface area contributed by atoms with E-state index in [0.29, 0.717) is 41.0 Å². The molecule has 2 aliphatic heterocycles. The molecule has 188 valence electrons. The molecule has 0 radical (unpaired) electrons. The van der Waals surface area contributed by atoms with Crippen LogP contribution in [-0.4, -0.2) is 47.5 Å². The maximum atomic E-state index is 13.3. The maximum absolute atomic E-state index is 13.3. The van der Waals surface area contributed by atoms with E-state index in [1.54, 1.807) is 18.2 Å². The number of carbonyl (C=O) groups is 1.